The molecular weight excluding hydrogens is 266 g/mol. The highest BCUT2D eigenvalue weighted by atomic mass is 16.2. The zero-order chi connectivity index (χ0) is 14.9. The van der Waals surface area contributed by atoms with E-state index in [2.05, 4.69) is 27.8 Å². The number of nitrogens with zero attached hydrogens (tertiary/aromatic N) is 1. The summed E-state index contributed by atoms with van der Waals surface area (Å²) in [4.78, 5) is 27.2. The molecule has 1 heterocycles. The van der Waals surface area contributed by atoms with Gasteiger partial charge in [-0.2, -0.15) is 0 Å². The Hall–Kier alpha value is -2.17. The second-order valence-electron chi connectivity index (χ2n) is 5.20. The Morgan fingerprint density at radius 2 is 2.00 bits per heavy atom. The number of pyridine rings is 1. The topological polar surface area (TPSA) is 71.1 Å². The van der Waals surface area contributed by atoms with Gasteiger partial charge in [-0.25, -0.2) is 0 Å². The van der Waals surface area contributed by atoms with Gasteiger partial charge in [-0.15, -0.1) is 0 Å². The Morgan fingerprint density at radius 3 is 2.71 bits per heavy atom. The predicted octanol–water partition coefficient (Wildman–Crippen LogP) is 1.56. The van der Waals surface area contributed by atoms with Gasteiger partial charge in [0.1, 0.15) is 0 Å². The van der Waals surface area contributed by atoms with Crippen molar-refractivity contribution in [3.8, 4) is 0 Å². The number of rotatable bonds is 7. The highest BCUT2D eigenvalue weighted by Gasteiger charge is 2.13. The first-order valence-corrected chi connectivity index (χ1v) is 7.33. The van der Waals surface area contributed by atoms with Gasteiger partial charge in [0.2, 0.25) is 11.8 Å². The van der Waals surface area contributed by atoms with Crippen molar-refractivity contribution in [3.05, 3.63) is 42.2 Å². The molecule has 21 heavy (non-hydrogen) atoms. The molecule has 0 aliphatic heterocycles. The van der Waals surface area contributed by atoms with E-state index in [1.54, 1.807) is 12.4 Å². The fourth-order valence-electron chi connectivity index (χ4n) is 2.28. The summed E-state index contributed by atoms with van der Waals surface area (Å²) in [5, 5.41) is 5.61. The quantitative estimate of drug-likeness (QED) is 0.748. The minimum Gasteiger partial charge on any atom is -0.356 e. The van der Waals surface area contributed by atoms with E-state index in [9.17, 15) is 9.59 Å². The van der Waals surface area contributed by atoms with Crippen molar-refractivity contribution in [1.29, 1.82) is 0 Å². The van der Waals surface area contributed by atoms with Crippen LogP contribution in [0.5, 0.6) is 0 Å². The maximum absolute atomic E-state index is 11.7. The molecule has 0 radical (unpaired) electrons. The van der Waals surface area contributed by atoms with Crippen LogP contribution in [0.15, 0.2) is 36.7 Å². The molecule has 0 saturated carbocycles. The van der Waals surface area contributed by atoms with Crippen molar-refractivity contribution in [2.45, 2.75) is 32.2 Å². The Labute approximate surface area is 124 Å². The number of hydrogen-bond acceptors (Lipinski definition) is 3. The van der Waals surface area contributed by atoms with Crippen LogP contribution < -0.4 is 10.6 Å². The largest absolute Gasteiger partial charge is 0.356 e. The van der Waals surface area contributed by atoms with E-state index >= 15 is 0 Å². The molecule has 1 aliphatic carbocycles. The molecule has 0 bridgehead atoms. The summed E-state index contributed by atoms with van der Waals surface area (Å²) in [5.41, 5.74) is 1.01. The number of carbonyl (C=O) groups excluding carboxylic acids is 2. The van der Waals surface area contributed by atoms with Crippen LogP contribution in [-0.4, -0.2) is 23.3 Å². The van der Waals surface area contributed by atoms with Crippen molar-refractivity contribution >= 4 is 11.8 Å². The van der Waals surface area contributed by atoms with Crippen molar-refractivity contribution in [3.63, 3.8) is 0 Å². The van der Waals surface area contributed by atoms with Crippen molar-refractivity contribution in [2.75, 3.05) is 6.54 Å². The van der Waals surface area contributed by atoms with Crippen LogP contribution in [0.3, 0.4) is 0 Å². The maximum Gasteiger partial charge on any atom is 0.222 e. The lowest BCUT2D eigenvalue weighted by atomic mass is 10.1. The minimum absolute atomic E-state index is 0.0217. The number of allylic oxidation sites excluding steroid dienone is 2. The van der Waals surface area contributed by atoms with Crippen LogP contribution in [0.4, 0.5) is 0 Å². The van der Waals surface area contributed by atoms with E-state index in [1.807, 2.05) is 12.1 Å². The van der Waals surface area contributed by atoms with Gasteiger partial charge in [0.15, 0.2) is 0 Å². The van der Waals surface area contributed by atoms with Gasteiger partial charge in [-0.3, -0.25) is 14.6 Å². The number of hydrogen-bond donors (Lipinski definition) is 2. The molecule has 1 aromatic rings. The van der Waals surface area contributed by atoms with E-state index in [1.165, 1.54) is 0 Å². The Balaban J connectivity index is 1.56. The summed E-state index contributed by atoms with van der Waals surface area (Å²) in [7, 11) is 0. The third-order valence-electron chi connectivity index (χ3n) is 3.47. The van der Waals surface area contributed by atoms with E-state index in [-0.39, 0.29) is 11.8 Å². The van der Waals surface area contributed by atoms with Crippen molar-refractivity contribution < 1.29 is 9.59 Å². The zero-order valence-electron chi connectivity index (χ0n) is 12.0. The molecular formula is C16H21N3O2. The average molecular weight is 287 g/mol. The molecule has 1 atom stereocenters. The van der Waals surface area contributed by atoms with Crippen molar-refractivity contribution in [1.82, 2.24) is 15.6 Å². The second kappa shape index (κ2) is 8.19. The first-order chi connectivity index (χ1) is 10.2. The van der Waals surface area contributed by atoms with E-state index in [4.69, 9.17) is 0 Å². The SMILES string of the molecule is O=C(CCNC(=O)C[C@H]1C=CCC1)NCc1ccncc1. The minimum atomic E-state index is -0.0622. The van der Waals surface area contributed by atoms with E-state index in [0.29, 0.717) is 31.8 Å². The van der Waals surface area contributed by atoms with Crippen LogP contribution in [-0.2, 0) is 16.1 Å². The number of aromatic nitrogens is 1. The fourth-order valence-corrected chi connectivity index (χ4v) is 2.28. The fraction of sp³-hybridized carbons (Fsp3) is 0.438. The lowest BCUT2D eigenvalue weighted by Gasteiger charge is -2.09. The first-order valence-electron chi connectivity index (χ1n) is 7.33. The molecule has 5 nitrogen and oxygen atoms in total. The lowest BCUT2D eigenvalue weighted by molar-refractivity contribution is -0.122. The van der Waals surface area contributed by atoms with Crippen LogP contribution in [0.1, 0.15) is 31.2 Å². The van der Waals surface area contributed by atoms with Gasteiger partial charge in [-0.1, -0.05) is 12.2 Å². The third-order valence-corrected chi connectivity index (χ3v) is 3.47. The molecule has 1 aromatic heterocycles. The summed E-state index contributed by atoms with van der Waals surface area (Å²) in [5.74, 6) is 0.326. The molecule has 1 aliphatic rings. The summed E-state index contributed by atoms with van der Waals surface area (Å²) < 4.78 is 0. The normalized spacial score (nSPS) is 16.7. The third kappa shape index (κ3) is 5.77. The van der Waals surface area contributed by atoms with Crippen molar-refractivity contribution in [2.24, 2.45) is 5.92 Å². The molecule has 2 N–H and O–H groups in total. The van der Waals surface area contributed by atoms with Crippen LogP contribution in [0.25, 0.3) is 0 Å². The Morgan fingerprint density at radius 1 is 1.19 bits per heavy atom. The summed E-state index contributed by atoms with van der Waals surface area (Å²) >= 11 is 0. The first kappa shape index (κ1) is 15.2. The second-order valence-corrected chi connectivity index (χ2v) is 5.20. The van der Waals surface area contributed by atoms with E-state index in [0.717, 1.165) is 18.4 Å². The molecule has 0 saturated heterocycles. The molecule has 0 spiro atoms. The summed E-state index contributed by atoms with van der Waals surface area (Å²) in [6.45, 7) is 0.875. The van der Waals surface area contributed by atoms with Gasteiger partial charge in [-0.05, 0) is 36.5 Å². The van der Waals surface area contributed by atoms with Gasteiger partial charge < -0.3 is 10.6 Å². The van der Waals surface area contributed by atoms with Crippen LogP contribution >= 0.6 is 0 Å². The molecule has 0 unspecified atom stereocenters. The monoisotopic (exact) mass is 287 g/mol. The maximum atomic E-state index is 11.7. The van der Waals surface area contributed by atoms with Gasteiger partial charge in [0.05, 0.1) is 0 Å². The summed E-state index contributed by atoms with van der Waals surface area (Å²) in [6, 6.07) is 3.72. The number of carbonyl (C=O) groups is 2. The smallest absolute Gasteiger partial charge is 0.222 e. The van der Waals surface area contributed by atoms with E-state index < -0.39 is 0 Å². The molecule has 0 aromatic carbocycles. The average Bonchev–Trinajstić information content (AvgIpc) is 2.99. The molecule has 112 valence electrons. The molecule has 2 amide bonds. The molecule has 5 heteroatoms. The Bertz CT molecular complexity index is 500. The molecule has 2 rings (SSSR count). The van der Waals surface area contributed by atoms with Crippen LogP contribution in [0, 0.1) is 5.92 Å². The summed E-state index contributed by atoms with van der Waals surface area (Å²) in [6.07, 6.45) is 10.5. The lowest BCUT2D eigenvalue weighted by Crippen LogP contribution is -2.31. The predicted molar refractivity (Wildman–Crippen MR) is 80.2 cm³/mol. The van der Waals surface area contributed by atoms with Crippen LogP contribution in [0.2, 0.25) is 0 Å². The highest BCUT2D eigenvalue weighted by molar-refractivity contribution is 5.79. The molecule has 0 fully saturated rings. The zero-order valence-corrected chi connectivity index (χ0v) is 12.0. The van der Waals surface area contributed by atoms with Gasteiger partial charge >= 0.3 is 0 Å². The highest BCUT2D eigenvalue weighted by Crippen LogP contribution is 2.19. The van der Waals surface area contributed by atoms with Gasteiger partial charge in [0.25, 0.3) is 0 Å². The number of nitrogens with one attached hydrogen (secondary N) is 2. The standard InChI is InChI=1S/C16H21N3O2/c20-15(19-12-14-5-8-17-9-6-14)7-10-18-16(21)11-13-3-1-2-4-13/h1,3,5-6,8-9,13H,2,4,7,10-12H2,(H,18,21)(H,19,20)/t13-/m0/s1. The van der Waals surface area contributed by atoms with Gasteiger partial charge in [0, 0.05) is 38.3 Å². The number of amides is 2. The Kier molecular flexibility index (Phi) is 5.94.